The van der Waals surface area contributed by atoms with E-state index in [0.29, 0.717) is 5.92 Å². The second-order valence-corrected chi connectivity index (χ2v) is 7.00. The molecule has 0 spiro atoms. The van der Waals surface area contributed by atoms with E-state index < -0.39 is 16.4 Å². The number of nitrogens with zero attached hydrogens (tertiary/aromatic N) is 1. The Morgan fingerprint density at radius 3 is 2.20 bits per heavy atom. The van der Waals surface area contributed by atoms with E-state index in [4.69, 9.17) is 4.74 Å². The van der Waals surface area contributed by atoms with Crippen molar-refractivity contribution in [2.75, 3.05) is 7.11 Å². The zero-order chi connectivity index (χ0) is 18.6. The van der Waals surface area contributed by atoms with Crippen LogP contribution in [0.25, 0.3) is 0 Å². The number of ether oxygens (including phenoxy) is 1. The van der Waals surface area contributed by atoms with Gasteiger partial charge in [-0.1, -0.05) is 12.1 Å². The third kappa shape index (κ3) is 4.55. The highest BCUT2D eigenvalue weighted by Crippen LogP contribution is 2.36. The summed E-state index contributed by atoms with van der Waals surface area (Å²) in [6.07, 6.45) is 3.14. The number of methoxy groups -OCH3 is 1. The highest BCUT2D eigenvalue weighted by molar-refractivity contribution is 5.88. The molecule has 0 bridgehead atoms. The zero-order valence-electron chi connectivity index (χ0n) is 14.8. The Labute approximate surface area is 146 Å². The van der Waals surface area contributed by atoms with Crippen LogP contribution in [-0.4, -0.2) is 29.4 Å². The molecule has 1 aliphatic carbocycles. The van der Waals surface area contributed by atoms with Crippen LogP contribution in [0.4, 0.5) is 5.69 Å². The van der Waals surface area contributed by atoms with Gasteiger partial charge in [0.05, 0.1) is 12.0 Å². The fourth-order valence-electron chi connectivity index (χ4n) is 3.27. The number of carbonyl (C=O) groups excluding carboxylic acids is 2. The molecule has 7 heteroatoms. The zero-order valence-corrected chi connectivity index (χ0v) is 14.8. The molecule has 7 nitrogen and oxygen atoms in total. The van der Waals surface area contributed by atoms with Crippen molar-refractivity contribution in [1.82, 2.24) is 5.32 Å². The van der Waals surface area contributed by atoms with Gasteiger partial charge in [0.1, 0.15) is 5.54 Å². The first-order valence-corrected chi connectivity index (χ1v) is 8.39. The molecule has 0 heterocycles. The molecular weight excluding hydrogens is 324 g/mol. The standard InChI is InChI=1S/C18H24N2O5/c1-18(2,17(22)25-3)19-16(21)14-6-4-12(5-7-14)13-8-10-15(11-9-13)20(23)24/h8-12,14H,4-7H2,1-3H3,(H,19,21). The second-order valence-electron chi connectivity index (χ2n) is 7.00. The fraction of sp³-hybridized carbons (Fsp3) is 0.556. The lowest BCUT2D eigenvalue weighted by Gasteiger charge is -2.31. The molecule has 25 heavy (non-hydrogen) atoms. The van der Waals surface area contributed by atoms with Crippen molar-refractivity contribution in [3.05, 3.63) is 39.9 Å². The van der Waals surface area contributed by atoms with Gasteiger partial charge in [-0.25, -0.2) is 4.79 Å². The number of carbonyl (C=O) groups is 2. The van der Waals surface area contributed by atoms with Gasteiger partial charge in [0, 0.05) is 18.1 Å². The molecule has 1 aromatic carbocycles. The number of rotatable bonds is 5. The molecule has 1 N–H and O–H groups in total. The minimum atomic E-state index is -1.04. The summed E-state index contributed by atoms with van der Waals surface area (Å²) in [6, 6.07) is 6.63. The van der Waals surface area contributed by atoms with Gasteiger partial charge in [-0.05, 0) is 51.0 Å². The summed E-state index contributed by atoms with van der Waals surface area (Å²) in [5.41, 5.74) is 0.113. The van der Waals surface area contributed by atoms with Gasteiger partial charge < -0.3 is 10.1 Å². The van der Waals surface area contributed by atoms with Crippen LogP contribution >= 0.6 is 0 Å². The molecule has 1 aliphatic rings. The normalized spacial score (nSPS) is 20.6. The van der Waals surface area contributed by atoms with E-state index in [-0.39, 0.29) is 17.5 Å². The summed E-state index contributed by atoms with van der Waals surface area (Å²) in [4.78, 5) is 34.4. The molecule has 1 fully saturated rings. The van der Waals surface area contributed by atoms with E-state index in [1.54, 1.807) is 26.0 Å². The van der Waals surface area contributed by atoms with Gasteiger partial charge in [-0.15, -0.1) is 0 Å². The SMILES string of the molecule is COC(=O)C(C)(C)NC(=O)C1CCC(c2ccc([N+](=O)[O-])cc2)CC1. The summed E-state index contributed by atoms with van der Waals surface area (Å²) in [7, 11) is 1.30. The second kappa shape index (κ2) is 7.63. The molecule has 0 radical (unpaired) electrons. The number of amides is 1. The van der Waals surface area contributed by atoms with Crippen LogP contribution in [0.1, 0.15) is 51.0 Å². The largest absolute Gasteiger partial charge is 0.467 e. The van der Waals surface area contributed by atoms with Crippen molar-refractivity contribution in [3.63, 3.8) is 0 Å². The molecule has 1 aromatic rings. The molecule has 0 atom stereocenters. The van der Waals surface area contributed by atoms with Gasteiger partial charge in [0.15, 0.2) is 0 Å². The predicted octanol–water partition coefficient (Wildman–Crippen LogP) is 2.94. The maximum Gasteiger partial charge on any atom is 0.330 e. The van der Waals surface area contributed by atoms with Crippen molar-refractivity contribution in [2.45, 2.75) is 51.0 Å². The molecule has 0 saturated heterocycles. The molecule has 136 valence electrons. The highest BCUT2D eigenvalue weighted by Gasteiger charge is 2.34. The van der Waals surface area contributed by atoms with Crippen molar-refractivity contribution in [2.24, 2.45) is 5.92 Å². The highest BCUT2D eigenvalue weighted by atomic mass is 16.6. The lowest BCUT2D eigenvalue weighted by molar-refractivity contribution is -0.384. The average Bonchev–Trinajstić information content (AvgIpc) is 2.60. The number of hydrogen-bond donors (Lipinski definition) is 1. The monoisotopic (exact) mass is 348 g/mol. The lowest BCUT2D eigenvalue weighted by atomic mass is 9.78. The van der Waals surface area contributed by atoms with E-state index in [9.17, 15) is 19.7 Å². The van der Waals surface area contributed by atoms with Gasteiger partial charge in [-0.3, -0.25) is 14.9 Å². The van der Waals surface area contributed by atoms with E-state index in [2.05, 4.69) is 5.32 Å². The maximum absolute atomic E-state index is 12.4. The Morgan fingerprint density at radius 1 is 1.16 bits per heavy atom. The van der Waals surface area contributed by atoms with Crippen molar-refractivity contribution in [1.29, 1.82) is 0 Å². The topological polar surface area (TPSA) is 98.5 Å². The average molecular weight is 348 g/mol. The molecule has 0 aromatic heterocycles. The van der Waals surface area contributed by atoms with E-state index in [1.165, 1.54) is 19.2 Å². The van der Waals surface area contributed by atoms with Crippen molar-refractivity contribution >= 4 is 17.6 Å². The third-order valence-corrected chi connectivity index (χ3v) is 4.80. The molecule has 1 saturated carbocycles. The number of hydrogen-bond acceptors (Lipinski definition) is 5. The Hall–Kier alpha value is -2.44. The van der Waals surface area contributed by atoms with Crippen molar-refractivity contribution in [3.8, 4) is 0 Å². The smallest absolute Gasteiger partial charge is 0.330 e. The first-order chi connectivity index (χ1) is 11.7. The lowest BCUT2D eigenvalue weighted by Crippen LogP contribution is -2.52. The van der Waals surface area contributed by atoms with Gasteiger partial charge in [0.2, 0.25) is 5.91 Å². The van der Waals surface area contributed by atoms with Gasteiger partial charge >= 0.3 is 5.97 Å². The van der Waals surface area contributed by atoms with E-state index >= 15 is 0 Å². The molecular formula is C18H24N2O5. The summed E-state index contributed by atoms with van der Waals surface area (Å²) in [5, 5.41) is 13.5. The number of nitrogens with one attached hydrogen (secondary N) is 1. The number of benzene rings is 1. The Kier molecular flexibility index (Phi) is 5.77. The molecule has 0 unspecified atom stereocenters. The Morgan fingerprint density at radius 2 is 1.72 bits per heavy atom. The van der Waals surface area contributed by atoms with Gasteiger partial charge in [0.25, 0.3) is 5.69 Å². The number of esters is 1. The molecule has 1 amide bonds. The Bertz CT molecular complexity index is 646. The number of nitro groups is 1. The third-order valence-electron chi connectivity index (χ3n) is 4.80. The summed E-state index contributed by atoms with van der Waals surface area (Å²) in [5.74, 6) is -0.422. The van der Waals surface area contributed by atoms with Crippen LogP contribution in [-0.2, 0) is 14.3 Å². The minimum absolute atomic E-state index is 0.0851. The van der Waals surface area contributed by atoms with Crippen LogP contribution in [0.3, 0.4) is 0 Å². The summed E-state index contributed by atoms with van der Waals surface area (Å²) in [6.45, 7) is 3.25. The Balaban J connectivity index is 1.91. The van der Waals surface area contributed by atoms with Crippen LogP contribution in [0.5, 0.6) is 0 Å². The summed E-state index contributed by atoms with van der Waals surface area (Å²) < 4.78 is 4.70. The number of nitro benzene ring substituents is 1. The maximum atomic E-state index is 12.4. The first kappa shape index (κ1) is 18.9. The molecule has 0 aliphatic heterocycles. The summed E-state index contributed by atoms with van der Waals surface area (Å²) >= 11 is 0. The predicted molar refractivity (Wildman–Crippen MR) is 92.0 cm³/mol. The van der Waals surface area contributed by atoms with E-state index in [1.807, 2.05) is 0 Å². The van der Waals surface area contributed by atoms with Crippen molar-refractivity contribution < 1.29 is 19.2 Å². The fourth-order valence-corrected chi connectivity index (χ4v) is 3.27. The first-order valence-electron chi connectivity index (χ1n) is 8.39. The molecule has 2 rings (SSSR count). The van der Waals surface area contributed by atoms with Crippen LogP contribution in [0.2, 0.25) is 0 Å². The van der Waals surface area contributed by atoms with E-state index in [0.717, 1.165) is 31.2 Å². The van der Waals surface area contributed by atoms with Crippen LogP contribution < -0.4 is 5.32 Å². The minimum Gasteiger partial charge on any atom is -0.467 e. The van der Waals surface area contributed by atoms with Gasteiger partial charge in [-0.2, -0.15) is 0 Å². The quantitative estimate of drug-likeness (QED) is 0.501. The van der Waals surface area contributed by atoms with Crippen LogP contribution in [0.15, 0.2) is 24.3 Å². The van der Waals surface area contributed by atoms with Crippen LogP contribution in [0, 0.1) is 16.0 Å². The number of non-ortho nitro benzene ring substituents is 1.